The van der Waals surface area contributed by atoms with Gasteiger partial charge in [0, 0.05) is 48.9 Å². The van der Waals surface area contributed by atoms with E-state index in [4.69, 9.17) is 11.6 Å². The Balaban J connectivity index is 1.37. The Morgan fingerprint density at radius 2 is 1.86 bits per heavy atom. The number of aromatic amines is 1. The number of halogens is 2. The fourth-order valence-corrected chi connectivity index (χ4v) is 3.71. The standard InChI is InChI=1S/C22H22ClFN4O/c1-15-5-7-16(8-6-15)20-13-21(26-25-20)22(29)28-11-9-27(10-12-28)14-17-18(23)3-2-4-19(17)24/h2-8,13H,9-12,14H2,1H3,(H,25,26). The van der Waals surface area contributed by atoms with Crippen LogP contribution in [0.25, 0.3) is 11.3 Å². The lowest BCUT2D eigenvalue weighted by Gasteiger charge is -2.34. The Hall–Kier alpha value is -2.70. The van der Waals surface area contributed by atoms with Gasteiger partial charge in [-0.1, -0.05) is 47.5 Å². The highest BCUT2D eigenvalue weighted by Crippen LogP contribution is 2.22. The molecule has 0 unspecified atom stereocenters. The van der Waals surface area contributed by atoms with Crippen LogP contribution in [0, 0.1) is 12.7 Å². The highest BCUT2D eigenvalue weighted by molar-refractivity contribution is 6.31. The quantitative estimate of drug-likeness (QED) is 0.700. The minimum Gasteiger partial charge on any atom is -0.335 e. The number of nitrogens with zero attached hydrogens (tertiary/aromatic N) is 3. The van der Waals surface area contributed by atoms with Gasteiger partial charge in [-0.2, -0.15) is 5.10 Å². The third-order valence-corrected chi connectivity index (χ3v) is 5.61. The number of carbonyl (C=O) groups excluding carboxylic acids is 1. The lowest BCUT2D eigenvalue weighted by atomic mass is 10.1. The summed E-state index contributed by atoms with van der Waals surface area (Å²) >= 11 is 6.13. The van der Waals surface area contributed by atoms with Crippen LogP contribution in [0.1, 0.15) is 21.6 Å². The predicted molar refractivity (Wildman–Crippen MR) is 111 cm³/mol. The first kappa shape index (κ1) is 19.6. The van der Waals surface area contributed by atoms with E-state index >= 15 is 0 Å². The lowest BCUT2D eigenvalue weighted by Crippen LogP contribution is -2.48. The molecule has 3 aromatic rings. The zero-order valence-corrected chi connectivity index (χ0v) is 16.9. The third-order valence-electron chi connectivity index (χ3n) is 5.26. The second kappa shape index (κ2) is 8.35. The van der Waals surface area contributed by atoms with Crippen LogP contribution in [-0.4, -0.2) is 52.1 Å². The SMILES string of the molecule is Cc1ccc(-c2cc(C(=O)N3CCN(Cc4c(F)cccc4Cl)CC3)[nH]n2)cc1. The fraction of sp³-hybridized carbons (Fsp3) is 0.273. The summed E-state index contributed by atoms with van der Waals surface area (Å²) in [7, 11) is 0. The third kappa shape index (κ3) is 4.33. The van der Waals surface area contributed by atoms with Crippen molar-refractivity contribution in [3.05, 3.63) is 76.2 Å². The van der Waals surface area contributed by atoms with Crippen molar-refractivity contribution >= 4 is 17.5 Å². The summed E-state index contributed by atoms with van der Waals surface area (Å²) in [5.74, 6) is -0.364. The Bertz CT molecular complexity index is 990. The number of nitrogens with one attached hydrogen (secondary N) is 1. The van der Waals surface area contributed by atoms with Crippen LogP contribution in [0.15, 0.2) is 48.5 Å². The topological polar surface area (TPSA) is 52.2 Å². The van der Waals surface area contributed by atoms with Crippen LogP contribution >= 0.6 is 11.6 Å². The molecule has 7 heteroatoms. The van der Waals surface area contributed by atoms with E-state index in [-0.39, 0.29) is 11.7 Å². The van der Waals surface area contributed by atoms with Gasteiger partial charge in [0.1, 0.15) is 11.5 Å². The van der Waals surface area contributed by atoms with E-state index in [0.29, 0.717) is 49.0 Å². The van der Waals surface area contributed by atoms with Gasteiger partial charge in [0.05, 0.1) is 5.69 Å². The largest absolute Gasteiger partial charge is 0.335 e. The van der Waals surface area contributed by atoms with Gasteiger partial charge in [-0.25, -0.2) is 4.39 Å². The van der Waals surface area contributed by atoms with E-state index in [0.717, 1.165) is 11.3 Å². The lowest BCUT2D eigenvalue weighted by molar-refractivity contribution is 0.0621. The van der Waals surface area contributed by atoms with Crippen molar-refractivity contribution in [2.75, 3.05) is 26.2 Å². The van der Waals surface area contributed by atoms with Gasteiger partial charge in [-0.15, -0.1) is 0 Å². The molecule has 1 saturated heterocycles. The molecule has 4 rings (SSSR count). The zero-order valence-electron chi connectivity index (χ0n) is 16.2. The average molecular weight is 413 g/mol. The molecule has 29 heavy (non-hydrogen) atoms. The Labute approximate surface area is 174 Å². The van der Waals surface area contributed by atoms with Gasteiger partial charge in [-0.05, 0) is 25.1 Å². The van der Waals surface area contributed by atoms with Gasteiger partial charge in [0.15, 0.2) is 0 Å². The van der Waals surface area contributed by atoms with Crippen molar-refractivity contribution in [1.29, 1.82) is 0 Å². The molecule has 150 valence electrons. The van der Waals surface area contributed by atoms with Gasteiger partial charge < -0.3 is 4.90 Å². The first-order valence-corrected chi connectivity index (χ1v) is 9.96. The number of benzene rings is 2. The molecule has 0 atom stereocenters. The van der Waals surface area contributed by atoms with E-state index in [1.165, 1.54) is 11.6 Å². The van der Waals surface area contributed by atoms with E-state index < -0.39 is 0 Å². The molecular weight excluding hydrogens is 391 g/mol. The minimum atomic E-state index is -0.294. The van der Waals surface area contributed by atoms with Crippen LogP contribution < -0.4 is 0 Å². The van der Waals surface area contributed by atoms with Crippen molar-refractivity contribution in [3.8, 4) is 11.3 Å². The molecule has 0 aliphatic carbocycles. The summed E-state index contributed by atoms with van der Waals surface area (Å²) in [4.78, 5) is 16.7. The molecule has 5 nitrogen and oxygen atoms in total. The minimum absolute atomic E-state index is 0.0700. The first-order valence-electron chi connectivity index (χ1n) is 9.58. The Morgan fingerprint density at radius 3 is 2.55 bits per heavy atom. The molecule has 1 aromatic heterocycles. The van der Waals surface area contributed by atoms with Gasteiger partial charge in [0.2, 0.25) is 0 Å². The predicted octanol–water partition coefficient (Wildman–Crippen LogP) is 4.14. The molecule has 1 aliphatic heterocycles. The van der Waals surface area contributed by atoms with Crippen molar-refractivity contribution < 1.29 is 9.18 Å². The molecule has 1 fully saturated rings. The van der Waals surface area contributed by atoms with Crippen molar-refractivity contribution in [2.24, 2.45) is 0 Å². The molecule has 2 heterocycles. The second-order valence-electron chi connectivity index (χ2n) is 7.30. The molecule has 1 N–H and O–H groups in total. The fourth-order valence-electron chi connectivity index (χ4n) is 3.49. The molecule has 1 aliphatic rings. The number of aromatic nitrogens is 2. The molecule has 1 amide bonds. The van der Waals surface area contributed by atoms with Crippen LogP contribution in [0.3, 0.4) is 0 Å². The number of rotatable bonds is 4. The zero-order chi connectivity index (χ0) is 20.4. The monoisotopic (exact) mass is 412 g/mol. The van der Waals surface area contributed by atoms with Gasteiger partial charge in [-0.3, -0.25) is 14.8 Å². The summed E-state index contributed by atoms with van der Waals surface area (Å²) in [5.41, 5.74) is 3.88. The molecular formula is C22H22ClFN4O. The summed E-state index contributed by atoms with van der Waals surface area (Å²) in [6, 6.07) is 14.5. The Morgan fingerprint density at radius 1 is 1.14 bits per heavy atom. The van der Waals surface area contributed by atoms with Crippen LogP contribution in [0.2, 0.25) is 5.02 Å². The normalized spacial score (nSPS) is 14.9. The number of carbonyl (C=O) groups is 1. The number of hydrogen-bond donors (Lipinski definition) is 1. The van der Waals surface area contributed by atoms with E-state index in [9.17, 15) is 9.18 Å². The van der Waals surface area contributed by atoms with Crippen LogP contribution in [0.5, 0.6) is 0 Å². The number of aryl methyl sites for hydroxylation is 1. The smallest absolute Gasteiger partial charge is 0.271 e. The van der Waals surface area contributed by atoms with Crippen molar-refractivity contribution in [1.82, 2.24) is 20.0 Å². The highest BCUT2D eigenvalue weighted by atomic mass is 35.5. The average Bonchev–Trinajstić information content (AvgIpc) is 3.21. The maximum atomic E-state index is 14.0. The molecule has 0 radical (unpaired) electrons. The van der Waals surface area contributed by atoms with Crippen molar-refractivity contribution in [2.45, 2.75) is 13.5 Å². The molecule has 0 saturated carbocycles. The van der Waals surface area contributed by atoms with Gasteiger partial charge >= 0.3 is 0 Å². The highest BCUT2D eigenvalue weighted by Gasteiger charge is 2.24. The van der Waals surface area contributed by atoms with E-state index in [2.05, 4.69) is 15.1 Å². The number of hydrogen-bond acceptors (Lipinski definition) is 3. The molecule has 0 spiro atoms. The maximum Gasteiger partial charge on any atom is 0.271 e. The Kier molecular flexibility index (Phi) is 5.65. The summed E-state index contributed by atoms with van der Waals surface area (Å²) in [6.45, 7) is 4.94. The van der Waals surface area contributed by atoms with E-state index in [1.807, 2.05) is 31.2 Å². The number of H-pyrrole nitrogens is 1. The second-order valence-corrected chi connectivity index (χ2v) is 7.71. The first-order chi connectivity index (χ1) is 14.0. The van der Waals surface area contributed by atoms with Crippen LogP contribution in [0.4, 0.5) is 4.39 Å². The number of amides is 1. The van der Waals surface area contributed by atoms with Crippen LogP contribution in [-0.2, 0) is 6.54 Å². The van der Waals surface area contributed by atoms with E-state index in [1.54, 1.807) is 23.1 Å². The summed E-state index contributed by atoms with van der Waals surface area (Å²) in [5, 5.41) is 7.58. The van der Waals surface area contributed by atoms with Crippen molar-refractivity contribution in [3.63, 3.8) is 0 Å². The van der Waals surface area contributed by atoms with Gasteiger partial charge in [0.25, 0.3) is 5.91 Å². The molecule has 0 bridgehead atoms. The molecule has 2 aromatic carbocycles. The number of piperazine rings is 1. The maximum absolute atomic E-state index is 14.0. The summed E-state index contributed by atoms with van der Waals surface area (Å²) in [6.07, 6.45) is 0. The summed E-state index contributed by atoms with van der Waals surface area (Å²) < 4.78 is 14.0.